The summed E-state index contributed by atoms with van der Waals surface area (Å²) in [6, 6.07) is 8.09. The maximum atomic E-state index is 11.4. The number of pyridine rings is 1. The molecule has 1 amide bonds. The van der Waals surface area contributed by atoms with Gasteiger partial charge in [0.2, 0.25) is 5.91 Å². The molecule has 0 spiro atoms. The third-order valence-corrected chi connectivity index (χ3v) is 5.25. The number of fused-ring (bicyclic) bond motifs is 1. The molecule has 3 aromatic rings. The number of methoxy groups -OCH3 is 1. The molecule has 4 heterocycles. The summed E-state index contributed by atoms with van der Waals surface area (Å²) in [6.45, 7) is 6.72. The van der Waals surface area contributed by atoms with Crippen LogP contribution in [0.25, 0.3) is 16.8 Å². The molecule has 1 saturated heterocycles. The van der Waals surface area contributed by atoms with Crippen molar-refractivity contribution in [3.8, 4) is 11.3 Å². The summed E-state index contributed by atoms with van der Waals surface area (Å²) in [4.78, 5) is 20.7. The number of nitrogens with zero attached hydrogens (tertiary/aromatic N) is 3. The number of carbonyl (C=O) groups is 1. The predicted molar refractivity (Wildman–Crippen MR) is 106 cm³/mol. The third-order valence-electron chi connectivity index (χ3n) is 5.25. The Labute approximate surface area is 163 Å². The topological polar surface area (TPSA) is 77.8 Å². The van der Waals surface area contributed by atoms with Gasteiger partial charge < -0.3 is 19.2 Å². The van der Waals surface area contributed by atoms with Crippen LogP contribution in [0.5, 0.6) is 0 Å². The highest BCUT2D eigenvalue weighted by atomic mass is 16.5. The number of hydrogen-bond donors (Lipinski definition) is 1. The van der Waals surface area contributed by atoms with Gasteiger partial charge >= 0.3 is 0 Å². The van der Waals surface area contributed by atoms with Crippen LogP contribution in [0.1, 0.15) is 30.3 Å². The molecule has 0 aromatic carbocycles. The zero-order chi connectivity index (χ0) is 19.9. The largest absolute Gasteiger partial charge is 0.378 e. The quantitative estimate of drug-likeness (QED) is 0.752. The Morgan fingerprint density at radius 3 is 2.79 bits per heavy atom. The molecule has 1 N–H and O–H groups in total. The standard InChI is InChI=1S/C21H24N4O3/c1-13-7-17(24-19(8-13)21(27-4)5-6-28-11-21)16-9-14(2)25-12-22-20(10-18(16)25)23-15(3)26/h7-10,12H,5-6,11H2,1-4H3,(H,23,26)/t21-/m0/s1. The van der Waals surface area contributed by atoms with Crippen LogP contribution in [0.3, 0.4) is 0 Å². The Bertz CT molecular complexity index is 1050. The van der Waals surface area contributed by atoms with E-state index in [1.807, 2.05) is 17.4 Å². The van der Waals surface area contributed by atoms with Crippen LogP contribution in [0.4, 0.5) is 5.82 Å². The number of aryl methyl sites for hydroxylation is 2. The van der Waals surface area contributed by atoms with E-state index in [-0.39, 0.29) is 5.91 Å². The lowest BCUT2D eigenvalue weighted by Crippen LogP contribution is -2.30. The van der Waals surface area contributed by atoms with Gasteiger partial charge in [0.25, 0.3) is 0 Å². The molecule has 0 saturated carbocycles. The molecule has 0 bridgehead atoms. The minimum Gasteiger partial charge on any atom is -0.378 e. The van der Waals surface area contributed by atoms with Crippen molar-refractivity contribution in [1.82, 2.24) is 14.4 Å². The van der Waals surface area contributed by atoms with Crippen LogP contribution < -0.4 is 5.32 Å². The molecular formula is C21H24N4O3. The van der Waals surface area contributed by atoms with Gasteiger partial charge in [-0.05, 0) is 37.6 Å². The lowest BCUT2D eigenvalue weighted by molar-refractivity contribution is -0.114. The first-order valence-electron chi connectivity index (χ1n) is 9.29. The molecule has 0 unspecified atom stereocenters. The Kier molecular flexibility index (Phi) is 4.64. The first-order valence-corrected chi connectivity index (χ1v) is 9.29. The molecule has 146 valence electrons. The second-order valence-electron chi connectivity index (χ2n) is 7.33. The zero-order valence-electron chi connectivity index (χ0n) is 16.6. The summed E-state index contributed by atoms with van der Waals surface area (Å²) in [7, 11) is 1.71. The van der Waals surface area contributed by atoms with Crippen LogP contribution in [0.15, 0.2) is 30.6 Å². The molecular weight excluding hydrogens is 356 g/mol. The Balaban J connectivity index is 1.87. The van der Waals surface area contributed by atoms with Gasteiger partial charge in [-0.3, -0.25) is 4.79 Å². The molecule has 1 fully saturated rings. The van der Waals surface area contributed by atoms with Crippen molar-refractivity contribution in [1.29, 1.82) is 0 Å². The van der Waals surface area contributed by atoms with Crippen molar-refractivity contribution in [3.63, 3.8) is 0 Å². The molecule has 28 heavy (non-hydrogen) atoms. The van der Waals surface area contributed by atoms with Crippen LogP contribution in [0, 0.1) is 13.8 Å². The van der Waals surface area contributed by atoms with Crippen molar-refractivity contribution in [2.24, 2.45) is 0 Å². The number of hydrogen-bond acceptors (Lipinski definition) is 5. The summed E-state index contributed by atoms with van der Waals surface area (Å²) < 4.78 is 13.4. The minimum atomic E-state index is -0.506. The lowest BCUT2D eigenvalue weighted by Gasteiger charge is -2.26. The van der Waals surface area contributed by atoms with Crippen molar-refractivity contribution >= 4 is 17.2 Å². The van der Waals surface area contributed by atoms with Crippen molar-refractivity contribution in [2.75, 3.05) is 25.6 Å². The Morgan fingerprint density at radius 2 is 2.11 bits per heavy atom. The Morgan fingerprint density at radius 1 is 1.29 bits per heavy atom. The SMILES string of the molecule is CO[C@@]1(c2cc(C)cc(-c3cc(C)n4cnc(NC(C)=O)cc34)n2)CCOC1. The summed E-state index contributed by atoms with van der Waals surface area (Å²) in [6.07, 6.45) is 2.50. The second kappa shape index (κ2) is 7.00. The second-order valence-corrected chi connectivity index (χ2v) is 7.33. The first kappa shape index (κ1) is 18.6. The molecule has 7 nitrogen and oxygen atoms in total. The molecule has 4 rings (SSSR count). The normalized spacial score (nSPS) is 19.3. The van der Waals surface area contributed by atoms with E-state index in [4.69, 9.17) is 14.5 Å². The summed E-state index contributed by atoms with van der Waals surface area (Å²) in [5.41, 5.74) is 5.32. The van der Waals surface area contributed by atoms with Crippen LogP contribution in [-0.4, -0.2) is 40.6 Å². The maximum Gasteiger partial charge on any atom is 0.222 e. The van der Waals surface area contributed by atoms with Crippen LogP contribution in [0.2, 0.25) is 0 Å². The number of ether oxygens (including phenoxy) is 2. The third kappa shape index (κ3) is 3.16. The molecule has 1 atom stereocenters. The monoisotopic (exact) mass is 380 g/mol. The number of anilines is 1. The molecule has 1 aliphatic rings. The van der Waals surface area contributed by atoms with E-state index in [0.717, 1.165) is 40.1 Å². The number of aromatic nitrogens is 3. The number of amides is 1. The minimum absolute atomic E-state index is 0.152. The van der Waals surface area contributed by atoms with Gasteiger partial charge in [0.15, 0.2) is 0 Å². The average Bonchev–Trinajstić information content (AvgIpc) is 3.26. The van der Waals surface area contributed by atoms with E-state index in [1.54, 1.807) is 13.4 Å². The number of rotatable bonds is 4. The van der Waals surface area contributed by atoms with Gasteiger partial charge in [0.05, 0.1) is 23.5 Å². The summed E-state index contributed by atoms with van der Waals surface area (Å²) in [5.74, 6) is 0.366. The fourth-order valence-corrected chi connectivity index (χ4v) is 3.77. The highest BCUT2D eigenvalue weighted by Crippen LogP contribution is 2.36. The van der Waals surface area contributed by atoms with E-state index in [1.165, 1.54) is 6.92 Å². The van der Waals surface area contributed by atoms with Crippen molar-refractivity contribution in [3.05, 3.63) is 47.5 Å². The zero-order valence-corrected chi connectivity index (χ0v) is 16.6. The fourth-order valence-electron chi connectivity index (χ4n) is 3.77. The van der Waals surface area contributed by atoms with Gasteiger partial charge in [-0.2, -0.15) is 0 Å². The van der Waals surface area contributed by atoms with E-state index in [9.17, 15) is 4.79 Å². The highest BCUT2D eigenvalue weighted by molar-refractivity contribution is 5.89. The molecule has 0 aliphatic carbocycles. The van der Waals surface area contributed by atoms with Gasteiger partial charge in [-0.1, -0.05) is 0 Å². The fraction of sp³-hybridized carbons (Fsp3) is 0.381. The first-order chi connectivity index (χ1) is 13.4. The van der Waals surface area contributed by atoms with Crippen molar-refractivity contribution < 1.29 is 14.3 Å². The maximum absolute atomic E-state index is 11.4. The Hall–Kier alpha value is -2.77. The molecule has 3 aromatic heterocycles. The summed E-state index contributed by atoms with van der Waals surface area (Å²) >= 11 is 0. The van der Waals surface area contributed by atoms with E-state index in [2.05, 4.69) is 35.4 Å². The molecule has 7 heteroatoms. The van der Waals surface area contributed by atoms with Crippen LogP contribution in [-0.2, 0) is 19.9 Å². The van der Waals surface area contributed by atoms with Gasteiger partial charge in [-0.25, -0.2) is 9.97 Å². The smallest absolute Gasteiger partial charge is 0.222 e. The van der Waals surface area contributed by atoms with Crippen LogP contribution >= 0.6 is 0 Å². The number of nitrogens with one attached hydrogen (secondary N) is 1. The average molecular weight is 380 g/mol. The lowest BCUT2D eigenvalue weighted by atomic mass is 9.95. The predicted octanol–water partition coefficient (Wildman–Crippen LogP) is 3.23. The van der Waals surface area contributed by atoms with Gasteiger partial charge in [0, 0.05) is 44.4 Å². The molecule has 0 radical (unpaired) electrons. The molecule has 1 aliphatic heterocycles. The van der Waals surface area contributed by atoms with E-state index < -0.39 is 5.60 Å². The number of carbonyl (C=O) groups excluding carboxylic acids is 1. The van der Waals surface area contributed by atoms with E-state index in [0.29, 0.717) is 19.0 Å². The highest BCUT2D eigenvalue weighted by Gasteiger charge is 2.38. The van der Waals surface area contributed by atoms with Gasteiger partial charge in [0.1, 0.15) is 17.7 Å². The van der Waals surface area contributed by atoms with Crippen molar-refractivity contribution in [2.45, 2.75) is 32.8 Å². The summed E-state index contributed by atoms with van der Waals surface area (Å²) in [5, 5.41) is 2.75. The van der Waals surface area contributed by atoms with Gasteiger partial charge in [-0.15, -0.1) is 0 Å². The van der Waals surface area contributed by atoms with E-state index >= 15 is 0 Å².